The molecule has 0 saturated heterocycles. The molecule has 3 aromatic rings. The van der Waals surface area contributed by atoms with E-state index in [0.717, 1.165) is 0 Å². The van der Waals surface area contributed by atoms with Crippen LogP contribution in [0.4, 0.5) is 0 Å². The lowest BCUT2D eigenvalue weighted by Gasteiger charge is -2.11. The summed E-state index contributed by atoms with van der Waals surface area (Å²) in [5.41, 5.74) is 2.04. The van der Waals surface area contributed by atoms with Gasteiger partial charge in [-0.2, -0.15) is 8.42 Å². The number of nitrogens with zero attached hydrogens (tertiary/aromatic N) is 1. The first-order chi connectivity index (χ1) is 10.9. The summed E-state index contributed by atoms with van der Waals surface area (Å²) in [5, 5.41) is 1.15. The molecule has 0 saturated carbocycles. The molecule has 0 radical (unpaired) electrons. The molecule has 3 rings (SSSR count). The van der Waals surface area contributed by atoms with E-state index in [1.54, 1.807) is 32.0 Å². The van der Waals surface area contributed by atoms with Crippen LogP contribution in [0.3, 0.4) is 0 Å². The Morgan fingerprint density at radius 3 is 2.52 bits per heavy atom. The number of hydrogen-bond acceptors (Lipinski definition) is 4. The van der Waals surface area contributed by atoms with E-state index in [2.05, 4.69) is 4.98 Å². The molecule has 4 nitrogen and oxygen atoms in total. The van der Waals surface area contributed by atoms with Crippen LogP contribution in [0.15, 0.2) is 53.4 Å². The standard InChI is InChI=1S/C17H14ClNO3S/c1-11-9-13(7-8-15(11)18)23(20,21)22-17-10-12(2)19-16-6-4-3-5-14(16)17/h3-10H,1-2H3. The van der Waals surface area contributed by atoms with E-state index >= 15 is 0 Å². The lowest BCUT2D eigenvalue weighted by Crippen LogP contribution is -2.10. The Morgan fingerprint density at radius 1 is 1.04 bits per heavy atom. The quantitative estimate of drug-likeness (QED) is 0.664. The largest absolute Gasteiger partial charge is 0.378 e. The van der Waals surface area contributed by atoms with E-state index in [1.165, 1.54) is 12.1 Å². The van der Waals surface area contributed by atoms with E-state index in [0.29, 0.717) is 27.2 Å². The number of aromatic nitrogens is 1. The SMILES string of the molecule is Cc1cc(OS(=O)(=O)c2ccc(Cl)c(C)c2)c2ccccc2n1. The van der Waals surface area contributed by atoms with Gasteiger partial charge in [0.15, 0.2) is 5.75 Å². The molecule has 1 heterocycles. The topological polar surface area (TPSA) is 56.3 Å². The Hall–Kier alpha value is -2.11. The smallest absolute Gasteiger partial charge is 0.339 e. The highest BCUT2D eigenvalue weighted by Crippen LogP contribution is 2.29. The van der Waals surface area contributed by atoms with Gasteiger partial charge >= 0.3 is 10.1 Å². The molecule has 6 heteroatoms. The number of fused-ring (bicyclic) bond motifs is 1. The van der Waals surface area contributed by atoms with Crippen molar-refractivity contribution in [3.8, 4) is 5.75 Å². The summed E-state index contributed by atoms with van der Waals surface area (Å²) in [5.74, 6) is 0.265. The van der Waals surface area contributed by atoms with Crippen LogP contribution in [0.5, 0.6) is 5.75 Å². The van der Waals surface area contributed by atoms with Crippen molar-refractivity contribution in [3.63, 3.8) is 0 Å². The van der Waals surface area contributed by atoms with Crippen molar-refractivity contribution in [1.29, 1.82) is 0 Å². The molecule has 2 aromatic carbocycles. The maximum absolute atomic E-state index is 12.5. The first kappa shape index (κ1) is 15.8. The van der Waals surface area contributed by atoms with Gasteiger partial charge in [0, 0.05) is 22.2 Å². The number of pyridine rings is 1. The number of aryl methyl sites for hydroxylation is 2. The zero-order valence-electron chi connectivity index (χ0n) is 12.6. The van der Waals surface area contributed by atoms with E-state index in [-0.39, 0.29) is 10.6 Å². The van der Waals surface area contributed by atoms with Gasteiger partial charge in [-0.3, -0.25) is 4.98 Å². The first-order valence-electron chi connectivity index (χ1n) is 6.94. The molecular weight excluding hydrogens is 334 g/mol. The Labute approximate surface area is 139 Å². The van der Waals surface area contributed by atoms with Gasteiger partial charge in [0.25, 0.3) is 0 Å². The lowest BCUT2D eigenvalue weighted by atomic mass is 10.2. The van der Waals surface area contributed by atoms with E-state index < -0.39 is 10.1 Å². The van der Waals surface area contributed by atoms with E-state index in [9.17, 15) is 8.42 Å². The van der Waals surface area contributed by atoms with Crippen molar-refractivity contribution < 1.29 is 12.6 Å². The third-order valence-electron chi connectivity index (χ3n) is 3.42. The highest BCUT2D eigenvalue weighted by molar-refractivity contribution is 7.87. The fourth-order valence-electron chi connectivity index (χ4n) is 2.28. The highest BCUT2D eigenvalue weighted by atomic mass is 35.5. The third-order valence-corrected chi connectivity index (χ3v) is 5.08. The molecule has 0 atom stereocenters. The molecule has 0 aliphatic heterocycles. The second-order valence-electron chi connectivity index (χ2n) is 5.23. The van der Waals surface area contributed by atoms with Gasteiger partial charge in [-0.15, -0.1) is 0 Å². The predicted molar refractivity (Wildman–Crippen MR) is 90.5 cm³/mol. The Bertz CT molecular complexity index is 1000. The van der Waals surface area contributed by atoms with Gasteiger partial charge in [-0.1, -0.05) is 23.7 Å². The van der Waals surface area contributed by atoms with E-state index in [1.807, 2.05) is 18.2 Å². The van der Waals surface area contributed by atoms with E-state index in [4.69, 9.17) is 15.8 Å². The van der Waals surface area contributed by atoms with Gasteiger partial charge in [0.1, 0.15) is 4.90 Å². The number of halogens is 1. The molecular formula is C17H14ClNO3S. The summed E-state index contributed by atoms with van der Waals surface area (Å²) >= 11 is 5.95. The van der Waals surface area contributed by atoms with Crippen LogP contribution in [0.25, 0.3) is 10.9 Å². The summed E-state index contributed by atoms with van der Waals surface area (Å²) in [6, 6.07) is 13.3. The normalized spacial score (nSPS) is 11.6. The number of hydrogen-bond donors (Lipinski definition) is 0. The Morgan fingerprint density at radius 2 is 1.78 bits per heavy atom. The van der Waals surface area contributed by atoms with Crippen LogP contribution < -0.4 is 4.18 Å². The fourth-order valence-corrected chi connectivity index (χ4v) is 3.42. The average Bonchev–Trinajstić information content (AvgIpc) is 2.49. The molecule has 0 N–H and O–H groups in total. The van der Waals surface area contributed by atoms with Crippen molar-refractivity contribution in [2.45, 2.75) is 18.7 Å². The van der Waals surface area contributed by atoms with Crippen LogP contribution in [0.2, 0.25) is 5.02 Å². The van der Waals surface area contributed by atoms with Crippen molar-refractivity contribution in [2.24, 2.45) is 0 Å². The minimum absolute atomic E-state index is 0.0675. The molecule has 0 aliphatic rings. The lowest BCUT2D eigenvalue weighted by molar-refractivity contribution is 0.488. The first-order valence-corrected chi connectivity index (χ1v) is 8.72. The minimum atomic E-state index is -3.95. The summed E-state index contributed by atoms with van der Waals surface area (Å²) < 4.78 is 30.4. The van der Waals surface area contributed by atoms with Gasteiger partial charge in [0.2, 0.25) is 0 Å². The maximum atomic E-state index is 12.5. The Kier molecular flexibility index (Phi) is 4.00. The molecule has 0 spiro atoms. The van der Waals surface area contributed by atoms with Gasteiger partial charge in [-0.25, -0.2) is 0 Å². The van der Waals surface area contributed by atoms with Crippen molar-refractivity contribution >= 4 is 32.6 Å². The molecule has 0 unspecified atom stereocenters. The van der Waals surface area contributed by atoms with Crippen molar-refractivity contribution in [2.75, 3.05) is 0 Å². The molecule has 0 fully saturated rings. The summed E-state index contributed by atoms with van der Waals surface area (Å²) in [6.07, 6.45) is 0. The van der Waals surface area contributed by atoms with Gasteiger partial charge < -0.3 is 4.18 Å². The third kappa shape index (κ3) is 3.16. The number of benzene rings is 2. The van der Waals surface area contributed by atoms with Crippen LogP contribution >= 0.6 is 11.6 Å². The molecule has 0 aliphatic carbocycles. The summed E-state index contributed by atoms with van der Waals surface area (Å²) in [6.45, 7) is 3.53. The van der Waals surface area contributed by atoms with Crippen LogP contribution in [-0.2, 0) is 10.1 Å². The second-order valence-corrected chi connectivity index (χ2v) is 7.18. The van der Waals surface area contributed by atoms with Gasteiger partial charge in [-0.05, 0) is 49.7 Å². The van der Waals surface area contributed by atoms with Crippen molar-refractivity contribution in [1.82, 2.24) is 4.98 Å². The zero-order valence-corrected chi connectivity index (χ0v) is 14.1. The van der Waals surface area contributed by atoms with Crippen LogP contribution in [-0.4, -0.2) is 13.4 Å². The van der Waals surface area contributed by atoms with Crippen LogP contribution in [0.1, 0.15) is 11.3 Å². The second kappa shape index (κ2) is 5.83. The molecule has 23 heavy (non-hydrogen) atoms. The Balaban J connectivity index is 2.09. The highest BCUT2D eigenvalue weighted by Gasteiger charge is 2.19. The minimum Gasteiger partial charge on any atom is -0.378 e. The fraction of sp³-hybridized carbons (Fsp3) is 0.118. The number of rotatable bonds is 3. The van der Waals surface area contributed by atoms with Crippen LogP contribution in [0, 0.1) is 13.8 Å². The summed E-state index contributed by atoms with van der Waals surface area (Å²) in [4.78, 5) is 4.44. The molecule has 0 bridgehead atoms. The average molecular weight is 348 g/mol. The van der Waals surface area contributed by atoms with Gasteiger partial charge in [0.05, 0.1) is 5.52 Å². The molecule has 0 amide bonds. The predicted octanol–water partition coefficient (Wildman–Crippen LogP) is 4.27. The monoisotopic (exact) mass is 347 g/mol. The van der Waals surface area contributed by atoms with Crippen molar-refractivity contribution in [3.05, 3.63) is 64.8 Å². The zero-order chi connectivity index (χ0) is 16.6. The summed E-state index contributed by atoms with van der Waals surface area (Å²) in [7, 11) is -3.95. The molecule has 1 aromatic heterocycles. The molecule has 118 valence electrons. The number of para-hydroxylation sites is 1. The maximum Gasteiger partial charge on any atom is 0.339 e.